The highest BCUT2D eigenvalue weighted by Gasteiger charge is 2.28. The molecule has 0 spiro atoms. The van der Waals surface area contributed by atoms with E-state index < -0.39 is 0 Å². The van der Waals surface area contributed by atoms with E-state index in [4.69, 9.17) is 11.5 Å². The monoisotopic (exact) mass is 235 g/mol. The van der Waals surface area contributed by atoms with Gasteiger partial charge in [0.1, 0.15) is 11.6 Å². The highest BCUT2D eigenvalue weighted by atomic mass is 16.2. The van der Waals surface area contributed by atoms with Gasteiger partial charge in [0.25, 0.3) is 0 Å². The van der Waals surface area contributed by atoms with E-state index >= 15 is 0 Å². The molecule has 0 radical (unpaired) electrons. The van der Waals surface area contributed by atoms with Gasteiger partial charge in [0, 0.05) is 19.0 Å². The van der Waals surface area contributed by atoms with E-state index in [2.05, 4.69) is 15.6 Å². The Morgan fingerprint density at radius 3 is 2.76 bits per heavy atom. The summed E-state index contributed by atoms with van der Waals surface area (Å²) in [5.41, 5.74) is 11.6. The number of aromatic nitrogens is 1. The smallest absolute Gasteiger partial charge is 0.223 e. The van der Waals surface area contributed by atoms with E-state index in [0.29, 0.717) is 30.4 Å². The summed E-state index contributed by atoms with van der Waals surface area (Å²) in [6.07, 6.45) is 2.05. The van der Waals surface area contributed by atoms with Crippen molar-refractivity contribution in [2.75, 3.05) is 29.9 Å². The zero-order valence-electron chi connectivity index (χ0n) is 9.57. The third-order valence-corrected chi connectivity index (χ3v) is 2.64. The van der Waals surface area contributed by atoms with Gasteiger partial charge >= 0.3 is 0 Å². The standard InChI is InChI=1S/C11H17N5O/c12-8-3-4-9(16-10(8)13)14-5-6-15-11(17)7-1-2-7/h3-4,7H,1-2,5-6,12H2,(H,15,17)(H3,13,14,16). The van der Waals surface area contributed by atoms with Gasteiger partial charge in [0.15, 0.2) is 0 Å². The van der Waals surface area contributed by atoms with Crippen LogP contribution < -0.4 is 22.1 Å². The van der Waals surface area contributed by atoms with Crippen LogP contribution in [0.2, 0.25) is 0 Å². The van der Waals surface area contributed by atoms with E-state index in [-0.39, 0.29) is 11.8 Å². The average molecular weight is 235 g/mol. The Morgan fingerprint density at radius 1 is 1.35 bits per heavy atom. The third kappa shape index (κ3) is 3.24. The summed E-state index contributed by atoms with van der Waals surface area (Å²) in [6, 6.07) is 3.46. The maximum absolute atomic E-state index is 11.3. The Labute approximate surface area is 99.8 Å². The van der Waals surface area contributed by atoms with Crippen LogP contribution in [-0.4, -0.2) is 24.0 Å². The van der Waals surface area contributed by atoms with Crippen LogP contribution in [0.25, 0.3) is 0 Å². The SMILES string of the molecule is Nc1ccc(NCCNC(=O)C2CC2)nc1N. The van der Waals surface area contributed by atoms with Crippen LogP contribution in [0.15, 0.2) is 12.1 Å². The summed E-state index contributed by atoms with van der Waals surface area (Å²) in [7, 11) is 0. The lowest BCUT2D eigenvalue weighted by atomic mass is 10.3. The first-order valence-electron chi connectivity index (χ1n) is 5.70. The number of hydrogen-bond donors (Lipinski definition) is 4. The summed E-state index contributed by atoms with van der Waals surface area (Å²) in [5.74, 6) is 1.38. The molecule has 0 unspecified atom stereocenters. The lowest BCUT2D eigenvalue weighted by Gasteiger charge is -2.08. The number of anilines is 3. The van der Waals surface area contributed by atoms with Crippen molar-refractivity contribution in [1.29, 1.82) is 0 Å². The predicted molar refractivity (Wildman–Crippen MR) is 67.3 cm³/mol. The number of nitrogens with one attached hydrogen (secondary N) is 2. The van der Waals surface area contributed by atoms with Crippen molar-refractivity contribution in [1.82, 2.24) is 10.3 Å². The second-order valence-corrected chi connectivity index (χ2v) is 4.16. The van der Waals surface area contributed by atoms with Gasteiger partial charge in [-0.3, -0.25) is 4.79 Å². The van der Waals surface area contributed by atoms with Gasteiger partial charge < -0.3 is 22.1 Å². The highest BCUT2D eigenvalue weighted by Crippen LogP contribution is 2.28. The largest absolute Gasteiger partial charge is 0.396 e. The first kappa shape index (κ1) is 11.5. The molecular weight excluding hydrogens is 218 g/mol. The molecular formula is C11H17N5O. The molecule has 1 aromatic rings. The Balaban J connectivity index is 1.70. The van der Waals surface area contributed by atoms with E-state index in [1.807, 2.05) is 0 Å². The van der Waals surface area contributed by atoms with Crippen LogP contribution in [0.4, 0.5) is 17.3 Å². The number of nitrogens with zero attached hydrogens (tertiary/aromatic N) is 1. The second-order valence-electron chi connectivity index (χ2n) is 4.16. The van der Waals surface area contributed by atoms with Crippen molar-refractivity contribution in [3.05, 3.63) is 12.1 Å². The fourth-order valence-corrected chi connectivity index (χ4v) is 1.45. The number of carbonyl (C=O) groups is 1. The van der Waals surface area contributed by atoms with Gasteiger partial charge in [-0.05, 0) is 25.0 Å². The zero-order valence-corrected chi connectivity index (χ0v) is 9.57. The molecule has 1 amide bonds. The predicted octanol–water partition coefficient (Wildman–Crippen LogP) is 0.184. The van der Waals surface area contributed by atoms with Gasteiger partial charge in [-0.2, -0.15) is 0 Å². The number of pyridine rings is 1. The fraction of sp³-hybridized carbons (Fsp3) is 0.455. The average Bonchev–Trinajstić information content (AvgIpc) is 3.13. The quantitative estimate of drug-likeness (QED) is 0.545. The normalized spacial score (nSPS) is 14.4. The number of nitrogen functional groups attached to an aromatic ring is 2. The minimum Gasteiger partial charge on any atom is -0.396 e. The van der Waals surface area contributed by atoms with Gasteiger partial charge in [-0.1, -0.05) is 0 Å². The minimum absolute atomic E-state index is 0.150. The van der Waals surface area contributed by atoms with Gasteiger partial charge in [-0.25, -0.2) is 4.98 Å². The summed E-state index contributed by atoms with van der Waals surface area (Å²) in [5, 5.41) is 5.92. The third-order valence-electron chi connectivity index (χ3n) is 2.64. The van der Waals surface area contributed by atoms with Crippen LogP contribution in [0.3, 0.4) is 0 Å². The molecule has 1 aliphatic carbocycles. The molecule has 92 valence electrons. The summed E-state index contributed by atoms with van der Waals surface area (Å²) in [4.78, 5) is 15.4. The van der Waals surface area contributed by atoms with Gasteiger partial charge in [-0.15, -0.1) is 0 Å². The molecule has 2 rings (SSSR count). The van der Waals surface area contributed by atoms with Crippen molar-refractivity contribution in [2.45, 2.75) is 12.8 Å². The first-order chi connectivity index (χ1) is 8.16. The van der Waals surface area contributed by atoms with E-state index in [1.165, 1.54) is 0 Å². The molecule has 1 aliphatic rings. The Kier molecular flexibility index (Phi) is 3.32. The molecule has 6 N–H and O–H groups in total. The van der Waals surface area contributed by atoms with Crippen LogP contribution in [-0.2, 0) is 4.79 Å². The molecule has 6 nitrogen and oxygen atoms in total. The van der Waals surface area contributed by atoms with Gasteiger partial charge in [0.05, 0.1) is 5.69 Å². The van der Waals surface area contributed by atoms with E-state index in [0.717, 1.165) is 12.8 Å². The van der Waals surface area contributed by atoms with Crippen molar-refractivity contribution >= 4 is 23.2 Å². The Bertz CT molecular complexity index is 416. The van der Waals surface area contributed by atoms with E-state index in [1.54, 1.807) is 12.1 Å². The maximum atomic E-state index is 11.3. The topological polar surface area (TPSA) is 106 Å². The molecule has 0 atom stereocenters. The van der Waals surface area contributed by atoms with Crippen molar-refractivity contribution < 1.29 is 4.79 Å². The molecule has 0 aliphatic heterocycles. The molecule has 1 saturated carbocycles. The van der Waals surface area contributed by atoms with Gasteiger partial charge in [0.2, 0.25) is 5.91 Å². The molecule has 1 aromatic heterocycles. The molecule has 1 heterocycles. The van der Waals surface area contributed by atoms with Crippen LogP contribution in [0, 0.1) is 5.92 Å². The Hall–Kier alpha value is -1.98. The maximum Gasteiger partial charge on any atom is 0.223 e. The molecule has 0 bridgehead atoms. The number of amides is 1. The molecule has 1 fully saturated rings. The van der Waals surface area contributed by atoms with Crippen LogP contribution >= 0.6 is 0 Å². The summed E-state index contributed by atoms with van der Waals surface area (Å²) in [6.45, 7) is 1.20. The molecule has 6 heteroatoms. The first-order valence-corrected chi connectivity index (χ1v) is 5.70. The molecule has 0 saturated heterocycles. The highest BCUT2D eigenvalue weighted by molar-refractivity contribution is 5.80. The number of nitrogens with two attached hydrogens (primary N) is 2. The lowest BCUT2D eigenvalue weighted by molar-refractivity contribution is -0.122. The van der Waals surface area contributed by atoms with Crippen molar-refractivity contribution in [3.63, 3.8) is 0 Å². The number of rotatable bonds is 5. The number of hydrogen-bond acceptors (Lipinski definition) is 5. The van der Waals surface area contributed by atoms with Crippen LogP contribution in [0.5, 0.6) is 0 Å². The summed E-state index contributed by atoms with van der Waals surface area (Å²) < 4.78 is 0. The van der Waals surface area contributed by atoms with Crippen LogP contribution in [0.1, 0.15) is 12.8 Å². The van der Waals surface area contributed by atoms with Crippen molar-refractivity contribution in [2.24, 2.45) is 5.92 Å². The fourth-order valence-electron chi connectivity index (χ4n) is 1.45. The second kappa shape index (κ2) is 4.90. The van der Waals surface area contributed by atoms with E-state index in [9.17, 15) is 4.79 Å². The molecule has 17 heavy (non-hydrogen) atoms. The minimum atomic E-state index is 0.150. The molecule has 0 aromatic carbocycles. The van der Waals surface area contributed by atoms with Crippen molar-refractivity contribution in [3.8, 4) is 0 Å². The summed E-state index contributed by atoms with van der Waals surface area (Å²) >= 11 is 0. The Morgan fingerprint density at radius 2 is 2.12 bits per heavy atom. The lowest BCUT2D eigenvalue weighted by Crippen LogP contribution is -2.29. The number of carbonyl (C=O) groups excluding carboxylic acids is 1. The zero-order chi connectivity index (χ0) is 12.3.